The summed E-state index contributed by atoms with van der Waals surface area (Å²) >= 11 is 0. The first-order valence-electron chi connectivity index (χ1n) is 7.58. The van der Waals surface area contributed by atoms with Gasteiger partial charge in [0.2, 0.25) is 0 Å². The molecule has 1 aromatic heterocycles. The maximum atomic E-state index is 4.57. The highest BCUT2D eigenvalue weighted by atomic mass is 15.1. The minimum atomic E-state index is 0.494. The summed E-state index contributed by atoms with van der Waals surface area (Å²) in [4.78, 5) is 4.57. The van der Waals surface area contributed by atoms with Crippen LogP contribution in [0.3, 0.4) is 0 Å². The van der Waals surface area contributed by atoms with Crippen LogP contribution in [0.25, 0.3) is 0 Å². The number of rotatable bonds is 4. The van der Waals surface area contributed by atoms with Gasteiger partial charge in [-0.3, -0.25) is 0 Å². The van der Waals surface area contributed by atoms with Gasteiger partial charge in [0, 0.05) is 25.5 Å². The van der Waals surface area contributed by atoms with E-state index in [9.17, 15) is 0 Å². The number of nitrogens with zero attached hydrogens (tertiary/aromatic N) is 2. The minimum Gasteiger partial charge on any atom is -0.337 e. The van der Waals surface area contributed by atoms with Crippen LogP contribution in [0, 0.1) is 5.92 Å². The maximum absolute atomic E-state index is 4.57. The Morgan fingerprint density at radius 2 is 1.89 bits per heavy atom. The van der Waals surface area contributed by atoms with Gasteiger partial charge in [-0.25, -0.2) is 4.98 Å². The van der Waals surface area contributed by atoms with Gasteiger partial charge >= 0.3 is 0 Å². The monoisotopic (exact) mass is 247 g/mol. The molecule has 0 bridgehead atoms. The van der Waals surface area contributed by atoms with E-state index in [2.05, 4.69) is 28.1 Å². The van der Waals surface area contributed by atoms with Crippen LogP contribution in [-0.2, 0) is 7.05 Å². The van der Waals surface area contributed by atoms with Crippen LogP contribution in [0.15, 0.2) is 12.4 Å². The Kier molecular flexibility index (Phi) is 3.69. The minimum absolute atomic E-state index is 0.494. The maximum Gasteiger partial charge on any atom is 0.125 e. The van der Waals surface area contributed by atoms with Crippen LogP contribution in [0.5, 0.6) is 0 Å². The lowest BCUT2D eigenvalue weighted by Crippen LogP contribution is -2.35. The number of imidazole rings is 1. The van der Waals surface area contributed by atoms with Crippen molar-refractivity contribution in [3.8, 4) is 0 Å². The summed E-state index contributed by atoms with van der Waals surface area (Å²) in [5, 5.41) is 3.92. The van der Waals surface area contributed by atoms with E-state index in [0.29, 0.717) is 6.04 Å². The van der Waals surface area contributed by atoms with Crippen LogP contribution >= 0.6 is 0 Å². The van der Waals surface area contributed by atoms with Gasteiger partial charge in [-0.05, 0) is 31.6 Å². The van der Waals surface area contributed by atoms with Crippen molar-refractivity contribution in [2.24, 2.45) is 13.0 Å². The molecule has 0 spiro atoms. The van der Waals surface area contributed by atoms with Gasteiger partial charge in [-0.15, -0.1) is 0 Å². The molecule has 3 rings (SSSR count). The summed E-state index contributed by atoms with van der Waals surface area (Å²) in [6, 6.07) is 1.21. The lowest BCUT2D eigenvalue weighted by Gasteiger charge is -2.24. The Balaban J connectivity index is 1.68. The second-order valence-electron chi connectivity index (χ2n) is 6.07. The molecule has 0 unspecified atom stereocenters. The zero-order valence-electron chi connectivity index (χ0n) is 11.4. The predicted octanol–water partition coefficient (Wildman–Crippen LogP) is 3.18. The molecule has 0 radical (unpaired) electrons. The van der Waals surface area contributed by atoms with E-state index in [0.717, 1.165) is 12.0 Å². The average molecular weight is 247 g/mol. The van der Waals surface area contributed by atoms with E-state index in [4.69, 9.17) is 0 Å². The second kappa shape index (κ2) is 5.43. The van der Waals surface area contributed by atoms with E-state index in [1.54, 1.807) is 0 Å². The van der Waals surface area contributed by atoms with Gasteiger partial charge in [0.1, 0.15) is 5.82 Å². The summed E-state index contributed by atoms with van der Waals surface area (Å²) in [5.41, 5.74) is 0. The van der Waals surface area contributed by atoms with Gasteiger partial charge in [0.15, 0.2) is 0 Å². The lowest BCUT2D eigenvalue weighted by molar-refractivity contribution is 0.357. The molecule has 100 valence electrons. The number of hydrogen-bond donors (Lipinski definition) is 1. The molecule has 1 N–H and O–H groups in total. The van der Waals surface area contributed by atoms with Gasteiger partial charge in [-0.1, -0.05) is 25.7 Å². The van der Waals surface area contributed by atoms with E-state index in [1.807, 2.05) is 6.20 Å². The molecular formula is C15H25N3. The smallest absolute Gasteiger partial charge is 0.125 e. The second-order valence-corrected chi connectivity index (χ2v) is 6.07. The first-order chi connectivity index (χ1) is 8.84. The van der Waals surface area contributed by atoms with Gasteiger partial charge in [0.05, 0.1) is 6.04 Å². The molecule has 1 heterocycles. The Labute approximate surface area is 110 Å². The molecule has 2 aliphatic rings. The third-order valence-corrected chi connectivity index (χ3v) is 4.50. The fourth-order valence-corrected chi connectivity index (χ4v) is 3.23. The number of aromatic nitrogens is 2. The average Bonchev–Trinajstić information content (AvgIpc) is 3.15. The van der Waals surface area contributed by atoms with Crippen LogP contribution in [0.2, 0.25) is 0 Å². The summed E-state index contributed by atoms with van der Waals surface area (Å²) in [5.74, 6) is 2.07. The molecular weight excluding hydrogens is 222 g/mol. The fraction of sp³-hybridized carbons (Fsp3) is 0.800. The van der Waals surface area contributed by atoms with E-state index in [-0.39, 0.29) is 0 Å². The van der Waals surface area contributed by atoms with Crippen molar-refractivity contribution in [2.45, 2.75) is 63.5 Å². The van der Waals surface area contributed by atoms with Gasteiger partial charge < -0.3 is 9.88 Å². The zero-order chi connectivity index (χ0) is 12.4. The van der Waals surface area contributed by atoms with Crippen molar-refractivity contribution >= 4 is 0 Å². The first kappa shape index (κ1) is 12.2. The highest BCUT2D eigenvalue weighted by Crippen LogP contribution is 2.41. The largest absolute Gasteiger partial charge is 0.337 e. The van der Waals surface area contributed by atoms with E-state index in [1.165, 1.54) is 57.2 Å². The number of hydrogen-bond acceptors (Lipinski definition) is 2. The molecule has 0 amide bonds. The highest BCUT2D eigenvalue weighted by Gasteiger charge is 2.35. The molecule has 0 aliphatic heterocycles. The summed E-state index contributed by atoms with van der Waals surface area (Å²) in [6.45, 7) is 0. The number of aryl methyl sites for hydroxylation is 1. The van der Waals surface area contributed by atoms with Crippen LogP contribution < -0.4 is 5.32 Å². The van der Waals surface area contributed by atoms with Crippen molar-refractivity contribution in [1.29, 1.82) is 0 Å². The Hall–Kier alpha value is -0.830. The van der Waals surface area contributed by atoms with Crippen molar-refractivity contribution in [3.05, 3.63) is 18.2 Å². The molecule has 1 atom stereocenters. The summed E-state index contributed by atoms with van der Waals surface area (Å²) in [6.07, 6.45) is 15.1. The molecule has 2 fully saturated rings. The first-order valence-corrected chi connectivity index (χ1v) is 7.58. The fourth-order valence-electron chi connectivity index (χ4n) is 3.23. The molecule has 18 heavy (non-hydrogen) atoms. The van der Waals surface area contributed by atoms with Crippen molar-refractivity contribution < 1.29 is 0 Å². The summed E-state index contributed by atoms with van der Waals surface area (Å²) < 4.78 is 2.19. The quantitative estimate of drug-likeness (QED) is 0.828. The van der Waals surface area contributed by atoms with Crippen molar-refractivity contribution in [1.82, 2.24) is 14.9 Å². The topological polar surface area (TPSA) is 29.9 Å². The third kappa shape index (κ3) is 2.77. The Bertz CT molecular complexity index is 373. The molecule has 3 heteroatoms. The molecule has 0 aromatic carbocycles. The third-order valence-electron chi connectivity index (χ3n) is 4.50. The van der Waals surface area contributed by atoms with Crippen LogP contribution in [0.4, 0.5) is 0 Å². The van der Waals surface area contributed by atoms with Gasteiger partial charge in [-0.2, -0.15) is 0 Å². The van der Waals surface area contributed by atoms with E-state index < -0.39 is 0 Å². The SMILES string of the molecule is Cn1ccnc1[C@H](NC1CCCCCC1)C1CC1. The Morgan fingerprint density at radius 1 is 1.17 bits per heavy atom. The normalized spacial score (nSPS) is 23.8. The number of nitrogens with one attached hydrogen (secondary N) is 1. The Morgan fingerprint density at radius 3 is 2.44 bits per heavy atom. The standard InChI is InChI=1S/C15H25N3/c1-18-11-10-16-15(18)14(12-8-9-12)17-13-6-4-2-3-5-7-13/h10-14,17H,2-9H2,1H3/t14-/m1/s1. The predicted molar refractivity (Wildman–Crippen MR) is 73.3 cm³/mol. The molecule has 2 aliphatic carbocycles. The highest BCUT2D eigenvalue weighted by molar-refractivity contribution is 5.05. The van der Waals surface area contributed by atoms with Crippen molar-refractivity contribution in [3.63, 3.8) is 0 Å². The zero-order valence-corrected chi connectivity index (χ0v) is 11.4. The summed E-state index contributed by atoms with van der Waals surface area (Å²) in [7, 11) is 2.12. The van der Waals surface area contributed by atoms with Crippen molar-refractivity contribution in [2.75, 3.05) is 0 Å². The van der Waals surface area contributed by atoms with E-state index >= 15 is 0 Å². The van der Waals surface area contributed by atoms with Gasteiger partial charge in [0.25, 0.3) is 0 Å². The molecule has 0 saturated heterocycles. The van der Waals surface area contributed by atoms with Crippen LogP contribution in [-0.4, -0.2) is 15.6 Å². The molecule has 3 nitrogen and oxygen atoms in total. The lowest BCUT2D eigenvalue weighted by atomic mass is 10.1. The molecule has 1 aromatic rings. The molecule has 2 saturated carbocycles. The van der Waals surface area contributed by atoms with Crippen LogP contribution in [0.1, 0.15) is 63.2 Å².